The summed E-state index contributed by atoms with van der Waals surface area (Å²) in [5.74, 6) is 0.925. The number of aryl methyl sites for hydroxylation is 2. The molecule has 5 heteroatoms. The van der Waals surface area contributed by atoms with E-state index in [9.17, 15) is 9.59 Å². The highest BCUT2D eigenvalue weighted by atomic mass is 16.5. The van der Waals surface area contributed by atoms with Crippen molar-refractivity contribution in [1.29, 1.82) is 0 Å². The molecule has 0 aliphatic rings. The first kappa shape index (κ1) is 15.8. The lowest BCUT2D eigenvalue weighted by Gasteiger charge is -2.12. The minimum atomic E-state index is -0.879. The number of furan rings is 1. The normalized spacial score (nSPS) is 11.8. The molecule has 0 radical (unpaired) electrons. The Morgan fingerprint density at radius 2 is 1.77 bits per heavy atom. The molecule has 2 rings (SSSR count). The Kier molecular flexibility index (Phi) is 4.65. The summed E-state index contributed by atoms with van der Waals surface area (Å²) in [5.41, 5.74) is 0.799. The van der Waals surface area contributed by atoms with E-state index >= 15 is 0 Å². The van der Waals surface area contributed by atoms with Gasteiger partial charge in [-0.25, -0.2) is 4.79 Å². The van der Waals surface area contributed by atoms with Crippen LogP contribution in [0, 0.1) is 13.8 Å². The Bertz CT molecular complexity index is 682. The molecule has 1 heterocycles. The van der Waals surface area contributed by atoms with Gasteiger partial charge in [0, 0.05) is 5.56 Å². The molecule has 0 fully saturated rings. The van der Waals surface area contributed by atoms with Gasteiger partial charge in [0.15, 0.2) is 6.10 Å². The van der Waals surface area contributed by atoms with Crippen LogP contribution in [0.2, 0.25) is 0 Å². The minimum absolute atomic E-state index is 0.270. The number of methoxy groups -OCH3 is 1. The highest BCUT2D eigenvalue weighted by Crippen LogP contribution is 2.17. The minimum Gasteiger partial charge on any atom is -0.497 e. The Morgan fingerprint density at radius 1 is 1.14 bits per heavy atom. The molecule has 0 amide bonds. The summed E-state index contributed by atoms with van der Waals surface area (Å²) in [6.45, 7) is 4.97. The van der Waals surface area contributed by atoms with Crippen LogP contribution in [0.4, 0.5) is 0 Å². The van der Waals surface area contributed by atoms with E-state index in [4.69, 9.17) is 13.9 Å². The van der Waals surface area contributed by atoms with E-state index in [1.165, 1.54) is 0 Å². The molecule has 0 spiro atoms. The predicted octanol–water partition coefficient (Wildman–Crippen LogP) is 3.33. The highest BCUT2D eigenvalue weighted by Gasteiger charge is 2.22. The first-order valence-electron chi connectivity index (χ1n) is 6.88. The van der Waals surface area contributed by atoms with Crippen molar-refractivity contribution in [2.75, 3.05) is 7.11 Å². The van der Waals surface area contributed by atoms with Crippen molar-refractivity contribution in [3.05, 3.63) is 53.0 Å². The third kappa shape index (κ3) is 3.36. The second kappa shape index (κ2) is 6.47. The monoisotopic (exact) mass is 302 g/mol. The maximum Gasteiger partial charge on any atom is 0.342 e. The molecule has 0 saturated heterocycles. The fourth-order valence-electron chi connectivity index (χ4n) is 2.10. The van der Waals surface area contributed by atoms with Gasteiger partial charge in [0.25, 0.3) is 0 Å². The second-order valence-electron chi connectivity index (χ2n) is 4.97. The molecule has 0 N–H and O–H groups in total. The summed E-state index contributed by atoms with van der Waals surface area (Å²) in [5, 5.41) is 0. The number of Topliss-reactive ketones (excluding diaryl/α,β-unsaturated/α-hetero) is 1. The van der Waals surface area contributed by atoms with Crippen molar-refractivity contribution < 1.29 is 23.5 Å². The van der Waals surface area contributed by atoms with Gasteiger partial charge in [-0.05, 0) is 51.1 Å². The zero-order valence-electron chi connectivity index (χ0n) is 13.0. The number of hydrogen-bond acceptors (Lipinski definition) is 5. The number of carbonyl (C=O) groups is 2. The molecule has 1 aromatic heterocycles. The molecular weight excluding hydrogens is 284 g/mol. The van der Waals surface area contributed by atoms with Crippen LogP contribution in [0.15, 0.2) is 34.7 Å². The van der Waals surface area contributed by atoms with Gasteiger partial charge in [0.2, 0.25) is 5.78 Å². The van der Waals surface area contributed by atoms with Gasteiger partial charge in [0.1, 0.15) is 22.8 Å². The van der Waals surface area contributed by atoms with Crippen LogP contribution >= 0.6 is 0 Å². The van der Waals surface area contributed by atoms with Crippen LogP contribution in [0.5, 0.6) is 5.75 Å². The maximum atomic E-state index is 12.3. The van der Waals surface area contributed by atoms with Crippen LogP contribution in [-0.2, 0) is 4.74 Å². The number of carbonyl (C=O) groups excluding carboxylic acids is 2. The van der Waals surface area contributed by atoms with Gasteiger partial charge < -0.3 is 13.9 Å². The van der Waals surface area contributed by atoms with Crippen LogP contribution in [0.1, 0.15) is 39.2 Å². The zero-order chi connectivity index (χ0) is 16.3. The van der Waals surface area contributed by atoms with E-state index in [0.717, 1.165) is 0 Å². The number of rotatable bonds is 5. The number of esters is 1. The Hall–Kier alpha value is -2.56. The lowest BCUT2D eigenvalue weighted by atomic mass is 10.1. The van der Waals surface area contributed by atoms with E-state index < -0.39 is 12.1 Å². The molecule has 5 nitrogen and oxygen atoms in total. The third-order valence-electron chi connectivity index (χ3n) is 3.29. The van der Waals surface area contributed by atoms with Gasteiger partial charge in [-0.2, -0.15) is 0 Å². The van der Waals surface area contributed by atoms with Gasteiger partial charge in [-0.1, -0.05) is 0 Å². The lowest BCUT2D eigenvalue weighted by Crippen LogP contribution is -2.24. The van der Waals surface area contributed by atoms with E-state index in [2.05, 4.69) is 0 Å². The molecule has 0 aliphatic carbocycles. The molecule has 1 atom stereocenters. The van der Waals surface area contributed by atoms with Crippen molar-refractivity contribution in [2.24, 2.45) is 0 Å². The average molecular weight is 302 g/mol. The highest BCUT2D eigenvalue weighted by molar-refractivity contribution is 6.01. The molecule has 116 valence electrons. The van der Waals surface area contributed by atoms with Gasteiger partial charge in [-0.3, -0.25) is 4.79 Å². The molecule has 0 aliphatic heterocycles. The first-order chi connectivity index (χ1) is 10.4. The van der Waals surface area contributed by atoms with Crippen molar-refractivity contribution in [3.63, 3.8) is 0 Å². The largest absolute Gasteiger partial charge is 0.497 e. The van der Waals surface area contributed by atoms with Crippen molar-refractivity contribution in [2.45, 2.75) is 26.9 Å². The lowest BCUT2D eigenvalue weighted by molar-refractivity contribution is 0.0317. The SMILES string of the molecule is COc1ccc(C(=O)[C@H](C)OC(=O)c2cc(C)oc2C)cc1. The van der Waals surface area contributed by atoms with Gasteiger partial charge in [0.05, 0.1) is 7.11 Å². The van der Waals surface area contributed by atoms with Crippen molar-refractivity contribution >= 4 is 11.8 Å². The van der Waals surface area contributed by atoms with Gasteiger partial charge >= 0.3 is 5.97 Å². The average Bonchev–Trinajstić information content (AvgIpc) is 2.85. The Morgan fingerprint density at radius 3 is 2.27 bits per heavy atom. The number of benzene rings is 1. The number of hydrogen-bond donors (Lipinski definition) is 0. The number of ketones is 1. The summed E-state index contributed by atoms with van der Waals surface area (Å²) in [4.78, 5) is 24.3. The van der Waals surface area contributed by atoms with Crippen molar-refractivity contribution in [1.82, 2.24) is 0 Å². The smallest absolute Gasteiger partial charge is 0.342 e. The molecule has 22 heavy (non-hydrogen) atoms. The summed E-state index contributed by atoms with van der Waals surface area (Å²) in [6.07, 6.45) is -0.879. The summed E-state index contributed by atoms with van der Waals surface area (Å²) in [7, 11) is 1.55. The predicted molar refractivity (Wildman–Crippen MR) is 80.4 cm³/mol. The van der Waals surface area contributed by atoms with E-state index in [1.807, 2.05) is 0 Å². The standard InChI is InChI=1S/C17H18O5/c1-10-9-15(11(2)21-10)17(19)22-12(3)16(18)13-5-7-14(20-4)8-6-13/h5-9,12H,1-4H3/t12-/m0/s1. The van der Waals surface area contributed by atoms with Crippen LogP contribution in [0.25, 0.3) is 0 Å². The second-order valence-corrected chi connectivity index (χ2v) is 4.97. The zero-order valence-corrected chi connectivity index (χ0v) is 13.0. The fraction of sp³-hybridized carbons (Fsp3) is 0.294. The molecule has 0 saturated carbocycles. The van der Waals surface area contributed by atoms with E-state index in [1.54, 1.807) is 58.2 Å². The molecule has 1 aromatic carbocycles. The van der Waals surface area contributed by atoms with Crippen LogP contribution in [-0.4, -0.2) is 25.0 Å². The summed E-state index contributed by atoms with van der Waals surface area (Å²) in [6, 6.07) is 8.25. The number of ether oxygens (including phenoxy) is 2. The summed E-state index contributed by atoms with van der Waals surface area (Å²) >= 11 is 0. The molecule has 0 bridgehead atoms. The van der Waals surface area contributed by atoms with E-state index in [-0.39, 0.29) is 5.78 Å². The third-order valence-corrected chi connectivity index (χ3v) is 3.29. The van der Waals surface area contributed by atoms with E-state index in [0.29, 0.717) is 28.4 Å². The molecular formula is C17H18O5. The van der Waals surface area contributed by atoms with Crippen LogP contribution in [0.3, 0.4) is 0 Å². The van der Waals surface area contributed by atoms with Crippen LogP contribution < -0.4 is 4.74 Å². The first-order valence-corrected chi connectivity index (χ1v) is 6.88. The Balaban J connectivity index is 2.07. The Labute approximate surface area is 128 Å². The topological polar surface area (TPSA) is 65.7 Å². The summed E-state index contributed by atoms with van der Waals surface area (Å²) < 4.78 is 15.6. The maximum absolute atomic E-state index is 12.3. The molecule has 2 aromatic rings. The molecule has 0 unspecified atom stereocenters. The van der Waals surface area contributed by atoms with Crippen molar-refractivity contribution in [3.8, 4) is 5.75 Å². The fourth-order valence-corrected chi connectivity index (χ4v) is 2.10. The quantitative estimate of drug-likeness (QED) is 0.626. The van der Waals surface area contributed by atoms with Gasteiger partial charge in [-0.15, -0.1) is 0 Å².